The highest BCUT2D eigenvalue weighted by Gasteiger charge is 2.24. The summed E-state index contributed by atoms with van der Waals surface area (Å²) >= 11 is 5.89. The molecule has 0 saturated heterocycles. The van der Waals surface area contributed by atoms with Crippen LogP contribution < -0.4 is 0 Å². The van der Waals surface area contributed by atoms with Crippen LogP contribution in [0.2, 0.25) is 5.02 Å². The van der Waals surface area contributed by atoms with Crippen molar-refractivity contribution in [3.63, 3.8) is 0 Å². The average molecular weight is 281 g/mol. The maximum Gasteiger partial charge on any atom is 0.185 e. The zero-order chi connectivity index (χ0) is 13.2. The Labute approximate surface area is 112 Å². The Balaban J connectivity index is 2.43. The first kappa shape index (κ1) is 13.1. The highest BCUT2D eigenvalue weighted by atomic mass is 35.5. The zero-order valence-electron chi connectivity index (χ0n) is 9.88. The number of halogens is 1. The number of hydrogen-bond acceptors (Lipinski definition) is 2. The molecule has 0 N–H and O–H groups in total. The van der Waals surface area contributed by atoms with Crippen molar-refractivity contribution in [2.75, 3.05) is 0 Å². The second-order valence-corrected chi connectivity index (χ2v) is 6.76. The average Bonchev–Trinajstić information content (AvgIpc) is 2.39. The zero-order valence-corrected chi connectivity index (χ0v) is 11.4. The minimum Gasteiger partial charge on any atom is -0.223 e. The van der Waals surface area contributed by atoms with E-state index in [1.54, 1.807) is 61.5 Å². The summed E-state index contributed by atoms with van der Waals surface area (Å²) in [5.74, 6) is 0. The van der Waals surface area contributed by atoms with Crippen LogP contribution in [0.25, 0.3) is 0 Å². The van der Waals surface area contributed by atoms with Crippen LogP contribution in [-0.2, 0) is 9.84 Å². The predicted octanol–water partition coefficient (Wildman–Crippen LogP) is 3.87. The highest BCUT2D eigenvalue weighted by Crippen LogP contribution is 2.29. The van der Waals surface area contributed by atoms with E-state index in [2.05, 4.69) is 0 Å². The van der Waals surface area contributed by atoms with Crippen LogP contribution in [0.1, 0.15) is 17.7 Å². The van der Waals surface area contributed by atoms with E-state index in [4.69, 9.17) is 11.6 Å². The van der Waals surface area contributed by atoms with Gasteiger partial charge in [0.2, 0.25) is 0 Å². The first-order valence-electron chi connectivity index (χ1n) is 5.56. The molecular weight excluding hydrogens is 268 g/mol. The van der Waals surface area contributed by atoms with Crippen LogP contribution >= 0.6 is 11.6 Å². The van der Waals surface area contributed by atoms with E-state index in [0.717, 1.165) is 0 Å². The number of hydrogen-bond donors (Lipinski definition) is 0. The van der Waals surface area contributed by atoms with Crippen LogP contribution in [0.4, 0.5) is 0 Å². The van der Waals surface area contributed by atoms with Crippen LogP contribution in [0.15, 0.2) is 59.5 Å². The second-order valence-electron chi connectivity index (χ2n) is 4.06. The van der Waals surface area contributed by atoms with Gasteiger partial charge in [-0.15, -0.1) is 0 Å². The normalized spacial score (nSPS) is 13.2. The summed E-state index contributed by atoms with van der Waals surface area (Å²) < 4.78 is 24.8. The quantitative estimate of drug-likeness (QED) is 0.855. The van der Waals surface area contributed by atoms with Crippen LogP contribution in [-0.4, -0.2) is 8.42 Å². The molecule has 94 valence electrons. The summed E-state index contributed by atoms with van der Waals surface area (Å²) in [5.41, 5.74) is 0.700. The first-order valence-corrected chi connectivity index (χ1v) is 7.48. The van der Waals surface area contributed by atoms with Gasteiger partial charge in [-0.2, -0.15) is 0 Å². The molecule has 2 aromatic rings. The lowest BCUT2D eigenvalue weighted by Crippen LogP contribution is -2.10. The van der Waals surface area contributed by atoms with E-state index in [0.29, 0.717) is 15.5 Å². The third-order valence-corrected chi connectivity index (χ3v) is 5.22. The molecular formula is C14H13ClO2S. The molecule has 0 fully saturated rings. The summed E-state index contributed by atoms with van der Waals surface area (Å²) in [4.78, 5) is 0.331. The molecule has 2 aromatic carbocycles. The van der Waals surface area contributed by atoms with E-state index in [1.807, 2.05) is 0 Å². The van der Waals surface area contributed by atoms with Crippen molar-refractivity contribution < 1.29 is 8.42 Å². The summed E-state index contributed by atoms with van der Waals surface area (Å²) in [6.07, 6.45) is 0. The molecule has 0 saturated carbocycles. The van der Waals surface area contributed by atoms with Crippen LogP contribution in [0, 0.1) is 0 Å². The van der Waals surface area contributed by atoms with Gasteiger partial charge >= 0.3 is 0 Å². The molecule has 2 nitrogen and oxygen atoms in total. The Hall–Kier alpha value is -1.32. The number of rotatable bonds is 3. The first-order chi connectivity index (χ1) is 8.51. The topological polar surface area (TPSA) is 34.1 Å². The van der Waals surface area contributed by atoms with Gasteiger partial charge in [0.15, 0.2) is 9.84 Å². The Morgan fingerprint density at radius 3 is 2.28 bits per heavy atom. The number of benzene rings is 2. The van der Waals surface area contributed by atoms with Crippen molar-refractivity contribution in [2.45, 2.75) is 17.1 Å². The van der Waals surface area contributed by atoms with Gasteiger partial charge in [0.05, 0.1) is 10.1 Å². The van der Waals surface area contributed by atoms with E-state index >= 15 is 0 Å². The lowest BCUT2D eigenvalue weighted by atomic mass is 10.2. The van der Waals surface area contributed by atoms with Crippen molar-refractivity contribution in [3.05, 3.63) is 65.2 Å². The Morgan fingerprint density at radius 1 is 1.00 bits per heavy atom. The minimum absolute atomic E-state index is 0.331. The molecule has 0 bridgehead atoms. The largest absolute Gasteiger partial charge is 0.223 e. The summed E-state index contributed by atoms with van der Waals surface area (Å²) in [7, 11) is -3.37. The van der Waals surface area contributed by atoms with Gasteiger partial charge < -0.3 is 0 Å². The Bertz CT molecular complexity index is 636. The molecule has 1 atom stereocenters. The molecule has 1 unspecified atom stereocenters. The molecule has 2 rings (SSSR count). The monoisotopic (exact) mass is 280 g/mol. The van der Waals surface area contributed by atoms with Gasteiger partial charge in [-0.1, -0.05) is 41.9 Å². The molecule has 0 heterocycles. The molecule has 0 aliphatic carbocycles. The maximum absolute atomic E-state index is 12.4. The second kappa shape index (κ2) is 5.12. The van der Waals surface area contributed by atoms with Crippen molar-refractivity contribution in [2.24, 2.45) is 0 Å². The van der Waals surface area contributed by atoms with Gasteiger partial charge in [0.25, 0.3) is 0 Å². The fourth-order valence-corrected chi connectivity index (χ4v) is 3.40. The van der Waals surface area contributed by atoms with Crippen LogP contribution in [0.3, 0.4) is 0 Å². The maximum atomic E-state index is 12.4. The van der Waals surface area contributed by atoms with E-state index < -0.39 is 15.1 Å². The molecule has 0 amide bonds. The fraction of sp³-hybridized carbons (Fsp3) is 0.143. The third-order valence-electron chi connectivity index (χ3n) is 2.86. The summed E-state index contributed by atoms with van der Waals surface area (Å²) in [6.45, 7) is 1.67. The van der Waals surface area contributed by atoms with E-state index in [-0.39, 0.29) is 0 Å². The fourth-order valence-electron chi connectivity index (χ4n) is 1.75. The molecule has 0 aliphatic heterocycles. The molecule has 4 heteroatoms. The van der Waals surface area contributed by atoms with Crippen molar-refractivity contribution >= 4 is 21.4 Å². The van der Waals surface area contributed by atoms with Crippen LogP contribution in [0.5, 0.6) is 0 Å². The van der Waals surface area contributed by atoms with Crippen molar-refractivity contribution in [1.29, 1.82) is 0 Å². The molecule has 0 radical (unpaired) electrons. The van der Waals surface area contributed by atoms with Crippen molar-refractivity contribution in [1.82, 2.24) is 0 Å². The molecule has 0 spiro atoms. The summed E-state index contributed by atoms with van der Waals surface area (Å²) in [6, 6.07) is 15.4. The highest BCUT2D eigenvalue weighted by molar-refractivity contribution is 7.91. The van der Waals surface area contributed by atoms with Crippen molar-refractivity contribution in [3.8, 4) is 0 Å². The molecule has 0 aromatic heterocycles. The SMILES string of the molecule is CC(c1cccc(Cl)c1)S(=O)(=O)c1ccccc1. The lowest BCUT2D eigenvalue weighted by Gasteiger charge is -2.13. The van der Waals surface area contributed by atoms with E-state index in [9.17, 15) is 8.42 Å². The lowest BCUT2D eigenvalue weighted by molar-refractivity contribution is 0.586. The molecule has 0 aliphatic rings. The van der Waals surface area contributed by atoms with E-state index in [1.165, 1.54) is 0 Å². The predicted molar refractivity (Wildman–Crippen MR) is 73.5 cm³/mol. The van der Waals surface area contributed by atoms with Gasteiger partial charge in [-0.05, 0) is 36.8 Å². The van der Waals surface area contributed by atoms with Gasteiger partial charge in [0.1, 0.15) is 0 Å². The third kappa shape index (κ3) is 2.57. The standard InChI is InChI=1S/C14H13ClO2S/c1-11(12-6-5-7-13(15)10-12)18(16,17)14-8-3-2-4-9-14/h2-11H,1H3. The minimum atomic E-state index is -3.37. The Kier molecular flexibility index (Phi) is 3.73. The number of sulfone groups is 1. The van der Waals surface area contributed by atoms with Gasteiger partial charge in [-0.25, -0.2) is 8.42 Å². The van der Waals surface area contributed by atoms with Gasteiger partial charge in [0, 0.05) is 5.02 Å². The smallest absolute Gasteiger partial charge is 0.185 e. The molecule has 18 heavy (non-hydrogen) atoms. The summed E-state index contributed by atoms with van der Waals surface area (Å²) in [5, 5.41) is -0.0683. The van der Waals surface area contributed by atoms with Gasteiger partial charge in [-0.3, -0.25) is 0 Å². The Morgan fingerprint density at radius 2 is 1.67 bits per heavy atom.